The van der Waals surface area contributed by atoms with Gasteiger partial charge in [0.15, 0.2) is 0 Å². The molecule has 0 radical (unpaired) electrons. The summed E-state index contributed by atoms with van der Waals surface area (Å²) in [4.78, 5) is 0. The molecule has 0 spiro atoms. The highest BCUT2D eigenvalue weighted by molar-refractivity contribution is 5.38. The van der Waals surface area contributed by atoms with E-state index >= 15 is 0 Å². The minimum atomic E-state index is -0.290. The van der Waals surface area contributed by atoms with Crippen molar-refractivity contribution in [1.29, 1.82) is 5.26 Å². The largest absolute Gasteiger partial charge is 0.493 e. The van der Waals surface area contributed by atoms with E-state index in [1.165, 1.54) is 12.1 Å². The molecular formula is C17H15FN2O. The van der Waals surface area contributed by atoms with Crippen LogP contribution in [0.2, 0.25) is 0 Å². The van der Waals surface area contributed by atoms with Gasteiger partial charge >= 0.3 is 0 Å². The van der Waals surface area contributed by atoms with Crippen LogP contribution in [0.1, 0.15) is 29.2 Å². The second-order valence-electron chi connectivity index (χ2n) is 5.03. The lowest BCUT2D eigenvalue weighted by molar-refractivity contribution is 0.252. The van der Waals surface area contributed by atoms with Crippen LogP contribution < -0.4 is 10.1 Å². The maximum atomic E-state index is 13.8. The average molecular weight is 282 g/mol. The van der Waals surface area contributed by atoms with E-state index in [9.17, 15) is 4.39 Å². The highest BCUT2D eigenvalue weighted by atomic mass is 19.1. The summed E-state index contributed by atoms with van der Waals surface area (Å²) in [5.41, 5.74) is 2.08. The molecule has 0 aliphatic carbocycles. The minimum absolute atomic E-state index is 0.139. The zero-order chi connectivity index (χ0) is 14.7. The van der Waals surface area contributed by atoms with Gasteiger partial charge in [0, 0.05) is 30.1 Å². The predicted octanol–water partition coefficient (Wildman–Crippen LogP) is 3.31. The van der Waals surface area contributed by atoms with E-state index in [-0.39, 0.29) is 11.9 Å². The van der Waals surface area contributed by atoms with Crippen LogP contribution in [-0.4, -0.2) is 6.61 Å². The van der Waals surface area contributed by atoms with Crippen molar-refractivity contribution in [3.8, 4) is 11.8 Å². The molecular weight excluding hydrogens is 267 g/mol. The highest BCUT2D eigenvalue weighted by Gasteiger charge is 2.20. The number of rotatable bonds is 3. The second-order valence-corrected chi connectivity index (χ2v) is 5.03. The average Bonchev–Trinajstić information content (AvgIpc) is 2.54. The van der Waals surface area contributed by atoms with Gasteiger partial charge in [-0.2, -0.15) is 5.26 Å². The lowest BCUT2D eigenvalue weighted by Gasteiger charge is -2.26. The van der Waals surface area contributed by atoms with E-state index in [2.05, 4.69) is 5.32 Å². The van der Waals surface area contributed by atoms with E-state index < -0.39 is 0 Å². The summed E-state index contributed by atoms with van der Waals surface area (Å²) in [5.74, 6) is 0.592. The molecule has 0 fully saturated rings. The molecule has 106 valence electrons. The molecule has 0 bridgehead atoms. The third kappa shape index (κ3) is 2.88. The Morgan fingerprint density at radius 2 is 2.14 bits per heavy atom. The number of fused-ring (bicyclic) bond motifs is 1. The smallest absolute Gasteiger partial charge is 0.127 e. The van der Waals surface area contributed by atoms with Crippen molar-refractivity contribution in [2.75, 3.05) is 6.61 Å². The second kappa shape index (κ2) is 5.94. The molecule has 1 aliphatic heterocycles. The molecule has 21 heavy (non-hydrogen) atoms. The molecule has 0 saturated heterocycles. The first-order valence-electron chi connectivity index (χ1n) is 6.91. The van der Waals surface area contributed by atoms with Gasteiger partial charge < -0.3 is 10.1 Å². The Kier molecular flexibility index (Phi) is 3.85. The fourth-order valence-electron chi connectivity index (χ4n) is 2.57. The molecule has 0 aromatic heterocycles. The Labute approximate surface area is 123 Å². The van der Waals surface area contributed by atoms with Gasteiger partial charge in [-0.3, -0.25) is 0 Å². The summed E-state index contributed by atoms with van der Waals surface area (Å²) in [7, 11) is 0. The molecule has 2 aromatic rings. The first kappa shape index (κ1) is 13.6. The van der Waals surface area contributed by atoms with Gasteiger partial charge in [0.25, 0.3) is 0 Å². The molecule has 0 amide bonds. The summed E-state index contributed by atoms with van der Waals surface area (Å²) in [6.07, 6.45) is 0.844. The number of halogens is 1. The van der Waals surface area contributed by atoms with Crippen LogP contribution in [-0.2, 0) is 6.54 Å². The van der Waals surface area contributed by atoms with E-state index in [0.29, 0.717) is 24.3 Å². The van der Waals surface area contributed by atoms with Gasteiger partial charge in [-0.25, -0.2) is 4.39 Å². The molecule has 3 rings (SSSR count). The molecule has 2 aromatic carbocycles. The van der Waals surface area contributed by atoms with E-state index in [1.54, 1.807) is 6.07 Å². The molecule has 4 heteroatoms. The first-order chi connectivity index (χ1) is 10.3. The van der Waals surface area contributed by atoms with Gasteiger partial charge in [0.2, 0.25) is 0 Å². The van der Waals surface area contributed by atoms with Crippen molar-refractivity contribution in [3.05, 3.63) is 65.0 Å². The standard InChI is InChI=1S/C17H15FN2O/c18-15-6-5-12(10-19)9-13(15)11-20-16-7-8-21-17-4-2-1-3-14(16)17/h1-6,9,16,20H,7-8,11H2. The minimum Gasteiger partial charge on any atom is -0.493 e. The number of ether oxygens (including phenoxy) is 1. The first-order valence-corrected chi connectivity index (χ1v) is 6.91. The number of benzene rings is 2. The Bertz CT molecular complexity index is 693. The monoisotopic (exact) mass is 282 g/mol. The summed E-state index contributed by atoms with van der Waals surface area (Å²) < 4.78 is 19.4. The summed E-state index contributed by atoms with van der Waals surface area (Å²) in [6.45, 7) is 1.04. The van der Waals surface area contributed by atoms with Crippen LogP contribution in [0, 0.1) is 17.1 Å². The van der Waals surface area contributed by atoms with Crippen LogP contribution >= 0.6 is 0 Å². The number of para-hydroxylation sites is 1. The zero-order valence-corrected chi connectivity index (χ0v) is 11.5. The molecule has 1 N–H and O–H groups in total. The van der Waals surface area contributed by atoms with Gasteiger partial charge in [-0.15, -0.1) is 0 Å². The fourth-order valence-corrected chi connectivity index (χ4v) is 2.57. The van der Waals surface area contributed by atoms with Crippen molar-refractivity contribution in [2.24, 2.45) is 0 Å². The van der Waals surface area contributed by atoms with E-state index in [4.69, 9.17) is 10.00 Å². The molecule has 1 atom stereocenters. The zero-order valence-electron chi connectivity index (χ0n) is 11.5. The highest BCUT2D eigenvalue weighted by Crippen LogP contribution is 2.31. The number of hydrogen-bond acceptors (Lipinski definition) is 3. The van der Waals surface area contributed by atoms with E-state index in [0.717, 1.165) is 17.7 Å². The van der Waals surface area contributed by atoms with Crippen molar-refractivity contribution < 1.29 is 9.13 Å². The summed E-state index contributed by atoms with van der Waals surface area (Å²) in [6, 6.07) is 14.5. The summed E-state index contributed by atoms with van der Waals surface area (Å²) >= 11 is 0. The molecule has 0 saturated carbocycles. The van der Waals surface area contributed by atoms with Gasteiger partial charge in [-0.1, -0.05) is 18.2 Å². The number of nitriles is 1. The van der Waals surface area contributed by atoms with Crippen LogP contribution in [0.5, 0.6) is 5.75 Å². The number of hydrogen-bond donors (Lipinski definition) is 1. The van der Waals surface area contributed by atoms with E-state index in [1.807, 2.05) is 30.3 Å². The van der Waals surface area contributed by atoms with Gasteiger partial charge in [-0.05, 0) is 24.3 Å². The van der Waals surface area contributed by atoms with Crippen LogP contribution in [0.25, 0.3) is 0 Å². The Balaban J connectivity index is 1.76. The lowest BCUT2D eigenvalue weighted by Crippen LogP contribution is -2.27. The maximum Gasteiger partial charge on any atom is 0.127 e. The van der Waals surface area contributed by atoms with Crippen LogP contribution in [0.4, 0.5) is 4.39 Å². The van der Waals surface area contributed by atoms with Crippen molar-refractivity contribution in [3.63, 3.8) is 0 Å². The Hall–Kier alpha value is -2.38. The quantitative estimate of drug-likeness (QED) is 0.939. The molecule has 1 aliphatic rings. The fraction of sp³-hybridized carbons (Fsp3) is 0.235. The van der Waals surface area contributed by atoms with Crippen molar-refractivity contribution in [1.82, 2.24) is 5.32 Å². The van der Waals surface area contributed by atoms with Crippen LogP contribution in [0.3, 0.4) is 0 Å². The molecule has 1 unspecified atom stereocenters. The van der Waals surface area contributed by atoms with Crippen LogP contribution in [0.15, 0.2) is 42.5 Å². The normalized spacial score (nSPS) is 16.7. The lowest BCUT2D eigenvalue weighted by atomic mass is 10.00. The Morgan fingerprint density at radius 3 is 3.00 bits per heavy atom. The van der Waals surface area contributed by atoms with Crippen molar-refractivity contribution >= 4 is 0 Å². The molecule has 3 nitrogen and oxygen atoms in total. The maximum absolute atomic E-state index is 13.8. The predicted molar refractivity (Wildman–Crippen MR) is 77.2 cm³/mol. The van der Waals surface area contributed by atoms with Gasteiger partial charge in [0.1, 0.15) is 11.6 Å². The Morgan fingerprint density at radius 1 is 1.29 bits per heavy atom. The topological polar surface area (TPSA) is 45.0 Å². The summed E-state index contributed by atoms with van der Waals surface area (Å²) in [5, 5.41) is 12.2. The number of nitrogens with zero attached hydrogens (tertiary/aromatic N) is 1. The van der Waals surface area contributed by atoms with Crippen molar-refractivity contribution in [2.45, 2.75) is 19.0 Å². The molecule has 1 heterocycles. The van der Waals surface area contributed by atoms with Gasteiger partial charge in [0.05, 0.1) is 18.2 Å². The number of nitrogens with one attached hydrogen (secondary N) is 1. The SMILES string of the molecule is N#Cc1ccc(F)c(CNC2CCOc3ccccc32)c1. The third-order valence-corrected chi connectivity index (χ3v) is 3.67. The third-order valence-electron chi connectivity index (χ3n) is 3.67.